The molecule has 2 aromatic heterocycles. The Bertz CT molecular complexity index is 819. The number of piperidine rings is 1. The monoisotopic (exact) mass is 337 g/mol. The Labute approximate surface area is 145 Å². The summed E-state index contributed by atoms with van der Waals surface area (Å²) in [5.74, 6) is 1.89. The van der Waals surface area contributed by atoms with Crippen molar-refractivity contribution in [1.29, 1.82) is 0 Å². The molecule has 0 radical (unpaired) electrons. The summed E-state index contributed by atoms with van der Waals surface area (Å²) in [6, 6.07) is 13.1. The van der Waals surface area contributed by atoms with Crippen molar-refractivity contribution in [3.05, 3.63) is 60.2 Å². The molecule has 0 saturated carbocycles. The largest absolute Gasteiger partial charge is 0.459 e. The number of carbonyl (C=O) groups is 1. The Morgan fingerprint density at radius 3 is 2.60 bits per heavy atom. The summed E-state index contributed by atoms with van der Waals surface area (Å²) in [6.45, 7) is 2.30. The molecule has 0 aliphatic carbocycles. The van der Waals surface area contributed by atoms with E-state index in [1.54, 1.807) is 18.4 Å². The quantitative estimate of drug-likeness (QED) is 0.664. The maximum absolute atomic E-state index is 12.5. The number of benzene rings is 1. The van der Waals surface area contributed by atoms with Crippen LogP contribution in [0.3, 0.4) is 0 Å². The predicted molar refractivity (Wildman–Crippen MR) is 90.8 cm³/mol. The van der Waals surface area contributed by atoms with E-state index in [1.807, 2.05) is 30.3 Å². The molecule has 0 spiro atoms. The van der Waals surface area contributed by atoms with Crippen LogP contribution in [0.4, 0.5) is 0 Å². The summed E-state index contributed by atoms with van der Waals surface area (Å²) >= 11 is 0. The van der Waals surface area contributed by atoms with Crippen molar-refractivity contribution in [3.63, 3.8) is 0 Å². The number of furan rings is 1. The number of carbonyl (C=O) groups excluding carboxylic acids is 1. The normalized spacial score (nSPS) is 16.2. The third kappa shape index (κ3) is 3.53. The van der Waals surface area contributed by atoms with Crippen molar-refractivity contribution in [2.24, 2.45) is 5.92 Å². The molecule has 0 unspecified atom stereocenters. The molecule has 0 atom stereocenters. The van der Waals surface area contributed by atoms with Gasteiger partial charge in [-0.15, -0.1) is 10.2 Å². The van der Waals surface area contributed by atoms with Crippen molar-refractivity contribution < 1.29 is 13.6 Å². The number of hydrogen-bond donors (Lipinski definition) is 0. The number of nitrogens with zero attached hydrogens (tertiary/aromatic N) is 3. The lowest BCUT2D eigenvalue weighted by molar-refractivity contribution is 0.0827. The van der Waals surface area contributed by atoms with Crippen LogP contribution in [-0.4, -0.2) is 34.0 Å². The summed E-state index contributed by atoms with van der Waals surface area (Å²) in [7, 11) is 0. The molecule has 4 rings (SSSR count). The minimum atomic E-state index is 0.0972. The van der Waals surface area contributed by atoms with Gasteiger partial charge in [-0.25, -0.2) is 0 Å². The van der Waals surface area contributed by atoms with Gasteiger partial charge in [-0.05, 0) is 38.1 Å². The van der Waals surface area contributed by atoms with Crippen molar-refractivity contribution in [1.82, 2.24) is 15.1 Å². The second-order valence-corrected chi connectivity index (χ2v) is 6.26. The SMILES string of the molecule is O=C(c1ccccc1)C1CCN(Cc2nnc(-c3ccco3)o2)CC1. The third-order valence-corrected chi connectivity index (χ3v) is 4.57. The van der Waals surface area contributed by atoms with Gasteiger partial charge in [-0.2, -0.15) is 0 Å². The number of hydrogen-bond acceptors (Lipinski definition) is 6. The highest BCUT2D eigenvalue weighted by atomic mass is 16.4. The summed E-state index contributed by atoms with van der Waals surface area (Å²) < 4.78 is 10.9. The van der Waals surface area contributed by atoms with Gasteiger partial charge in [-0.1, -0.05) is 30.3 Å². The minimum absolute atomic E-state index is 0.0972. The first-order valence-corrected chi connectivity index (χ1v) is 8.47. The topological polar surface area (TPSA) is 72.4 Å². The Kier molecular flexibility index (Phi) is 4.43. The lowest BCUT2D eigenvalue weighted by Gasteiger charge is -2.30. The molecule has 1 fully saturated rings. The molecule has 3 heterocycles. The zero-order valence-corrected chi connectivity index (χ0v) is 13.8. The number of likely N-dealkylation sites (tertiary alicyclic amines) is 1. The maximum atomic E-state index is 12.5. The average molecular weight is 337 g/mol. The molecule has 1 aromatic carbocycles. The van der Waals surface area contributed by atoms with Crippen molar-refractivity contribution in [2.45, 2.75) is 19.4 Å². The van der Waals surface area contributed by atoms with Gasteiger partial charge >= 0.3 is 0 Å². The summed E-state index contributed by atoms with van der Waals surface area (Å²) in [5.41, 5.74) is 0.806. The number of ketones is 1. The standard InChI is InChI=1S/C19H19N3O3/c23-18(14-5-2-1-3-6-14)15-8-10-22(11-9-15)13-17-20-21-19(25-17)16-7-4-12-24-16/h1-7,12,15H,8-11,13H2. The van der Waals surface area contributed by atoms with Crippen LogP contribution in [0.25, 0.3) is 11.7 Å². The Morgan fingerprint density at radius 2 is 1.88 bits per heavy atom. The van der Waals surface area contributed by atoms with Crippen LogP contribution < -0.4 is 0 Å². The van der Waals surface area contributed by atoms with Gasteiger partial charge in [0, 0.05) is 11.5 Å². The average Bonchev–Trinajstić information content (AvgIpc) is 3.34. The molecule has 3 aromatic rings. The Hall–Kier alpha value is -2.73. The molecule has 1 saturated heterocycles. The van der Waals surface area contributed by atoms with Gasteiger partial charge in [0.1, 0.15) is 0 Å². The van der Waals surface area contributed by atoms with Gasteiger partial charge in [0.2, 0.25) is 5.89 Å². The highest BCUT2D eigenvalue weighted by Gasteiger charge is 2.26. The van der Waals surface area contributed by atoms with Crippen molar-refractivity contribution in [3.8, 4) is 11.7 Å². The number of aromatic nitrogens is 2. The Balaban J connectivity index is 1.33. The molecule has 6 nitrogen and oxygen atoms in total. The number of Topliss-reactive ketones (excluding diaryl/α,β-unsaturated/α-hetero) is 1. The molecule has 1 aliphatic heterocycles. The molecular formula is C19H19N3O3. The van der Waals surface area contributed by atoms with Crippen LogP contribution in [0.1, 0.15) is 29.1 Å². The van der Waals surface area contributed by atoms with Crippen LogP contribution in [0.5, 0.6) is 0 Å². The van der Waals surface area contributed by atoms with E-state index >= 15 is 0 Å². The van der Waals surface area contributed by atoms with E-state index in [1.165, 1.54) is 0 Å². The van der Waals surface area contributed by atoms with Crippen molar-refractivity contribution in [2.75, 3.05) is 13.1 Å². The van der Waals surface area contributed by atoms with Crippen molar-refractivity contribution >= 4 is 5.78 Å². The summed E-state index contributed by atoms with van der Waals surface area (Å²) in [4.78, 5) is 14.8. The molecular weight excluding hydrogens is 318 g/mol. The fourth-order valence-electron chi connectivity index (χ4n) is 3.20. The molecule has 0 bridgehead atoms. The predicted octanol–water partition coefficient (Wildman–Crippen LogP) is 3.42. The van der Waals surface area contributed by atoms with E-state index in [0.29, 0.717) is 24.1 Å². The molecule has 6 heteroatoms. The molecule has 128 valence electrons. The first-order valence-electron chi connectivity index (χ1n) is 8.47. The Morgan fingerprint density at radius 1 is 1.08 bits per heavy atom. The van der Waals surface area contributed by atoms with Crippen LogP contribution in [0.15, 0.2) is 57.6 Å². The first kappa shape index (κ1) is 15.8. The fourth-order valence-corrected chi connectivity index (χ4v) is 3.20. The van der Waals surface area contributed by atoms with E-state index in [-0.39, 0.29) is 11.7 Å². The summed E-state index contributed by atoms with van der Waals surface area (Å²) in [5, 5.41) is 8.10. The van der Waals surface area contributed by atoms with Gasteiger partial charge in [0.15, 0.2) is 11.5 Å². The van der Waals surface area contributed by atoms with Crippen LogP contribution in [-0.2, 0) is 6.54 Å². The smallest absolute Gasteiger partial charge is 0.283 e. The third-order valence-electron chi connectivity index (χ3n) is 4.57. The minimum Gasteiger partial charge on any atom is -0.459 e. The van der Waals surface area contributed by atoms with E-state index in [2.05, 4.69) is 15.1 Å². The molecule has 1 aliphatic rings. The highest BCUT2D eigenvalue weighted by molar-refractivity contribution is 5.97. The van der Waals surface area contributed by atoms with E-state index in [4.69, 9.17) is 8.83 Å². The zero-order valence-electron chi connectivity index (χ0n) is 13.8. The summed E-state index contributed by atoms with van der Waals surface area (Å²) in [6.07, 6.45) is 3.29. The van der Waals surface area contributed by atoms with Gasteiger partial charge in [-0.3, -0.25) is 9.69 Å². The molecule has 0 amide bonds. The number of rotatable bonds is 5. The lowest BCUT2D eigenvalue weighted by atomic mass is 9.89. The van der Waals surface area contributed by atoms with E-state index in [9.17, 15) is 4.79 Å². The van der Waals surface area contributed by atoms with Gasteiger partial charge < -0.3 is 8.83 Å². The highest BCUT2D eigenvalue weighted by Crippen LogP contribution is 2.24. The van der Waals surface area contributed by atoms with Gasteiger partial charge in [0.05, 0.1) is 12.8 Å². The maximum Gasteiger partial charge on any atom is 0.283 e. The van der Waals surface area contributed by atoms with Crippen LogP contribution in [0, 0.1) is 5.92 Å². The second kappa shape index (κ2) is 7.03. The second-order valence-electron chi connectivity index (χ2n) is 6.26. The van der Waals surface area contributed by atoms with Crippen LogP contribution >= 0.6 is 0 Å². The van der Waals surface area contributed by atoms with Crippen LogP contribution in [0.2, 0.25) is 0 Å². The van der Waals surface area contributed by atoms with Gasteiger partial charge in [0.25, 0.3) is 5.89 Å². The molecule has 25 heavy (non-hydrogen) atoms. The zero-order chi connectivity index (χ0) is 17.1. The van der Waals surface area contributed by atoms with E-state index in [0.717, 1.165) is 31.5 Å². The fraction of sp³-hybridized carbons (Fsp3) is 0.316. The first-order chi connectivity index (χ1) is 12.3. The molecule has 0 N–H and O–H groups in total. The van der Waals surface area contributed by atoms with E-state index < -0.39 is 0 Å². The lowest BCUT2D eigenvalue weighted by Crippen LogP contribution is -2.36.